The fraction of sp³-hybridized carbons (Fsp3) is 0.484. The summed E-state index contributed by atoms with van der Waals surface area (Å²) in [7, 11) is 3.14. The summed E-state index contributed by atoms with van der Waals surface area (Å²) in [6, 6.07) is 2.54. The zero-order valence-electron chi connectivity index (χ0n) is 23.6. The predicted octanol–water partition coefficient (Wildman–Crippen LogP) is 1.58. The first-order valence-corrected chi connectivity index (χ1v) is 14.3. The molecule has 11 nitrogen and oxygen atoms in total. The number of likely N-dealkylation sites (N-methyl/N-ethyl adjacent to an activating group) is 1. The third-order valence-electron chi connectivity index (χ3n) is 9.61. The Hall–Kier alpha value is -3.80. The fourth-order valence-electron chi connectivity index (χ4n) is 7.66. The van der Waals surface area contributed by atoms with Crippen molar-refractivity contribution >= 4 is 29.0 Å². The molecule has 11 heteroatoms. The molecule has 1 aliphatic heterocycles. The predicted molar refractivity (Wildman–Crippen MR) is 150 cm³/mol. The topological polar surface area (TPSA) is 175 Å². The van der Waals surface area contributed by atoms with Crippen molar-refractivity contribution in [2.24, 2.45) is 23.5 Å². The third kappa shape index (κ3) is 4.05. The van der Waals surface area contributed by atoms with E-state index >= 15 is 0 Å². The van der Waals surface area contributed by atoms with Gasteiger partial charge in [-0.05, 0) is 82.0 Å². The lowest BCUT2D eigenvalue weighted by molar-refractivity contribution is -0.175. The summed E-state index contributed by atoms with van der Waals surface area (Å²) in [5.74, 6) is -8.82. The van der Waals surface area contributed by atoms with Gasteiger partial charge in [0.2, 0.25) is 11.7 Å². The van der Waals surface area contributed by atoms with Crippen LogP contribution in [0.3, 0.4) is 0 Å². The van der Waals surface area contributed by atoms with E-state index in [4.69, 9.17) is 10.2 Å². The van der Waals surface area contributed by atoms with E-state index in [1.807, 2.05) is 6.07 Å². The molecule has 1 saturated heterocycles. The molecular formula is C31H35N3O8. The van der Waals surface area contributed by atoms with Crippen LogP contribution in [0.2, 0.25) is 0 Å². The lowest BCUT2D eigenvalue weighted by Crippen LogP contribution is -2.72. The Morgan fingerprint density at radius 1 is 1.17 bits per heavy atom. The molecule has 42 heavy (non-hydrogen) atoms. The monoisotopic (exact) mass is 577 g/mol. The maximum atomic E-state index is 14.1. The first kappa shape index (κ1) is 28.3. The van der Waals surface area contributed by atoms with E-state index in [-0.39, 0.29) is 29.7 Å². The number of amides is 1. The second kappa shape index (κ2) is 10.2. The molecule has 1 aromatic heterocycles. The number of aromatic hydroxyl groups is 1. The van der Waals surface area contributed by atoms with Crippen molar-refractivity contribution in [2.75, 3.05) is 27.2 Å². The number of nitrogens with two attached hydrogens (primary N) is 1. The van der Waals surface area contributed by atoms with Gasteiger partial charge in [-0.25, -0.2) is 0 Å². The quantitative estimate of drug-likeness (QED) is 0.382. The van der Waals surface area contributed by atoms with Crippen molar-refractivity contribution in [1.82, 2.24) is 9.80 Å². The van der Waals surface area contributed by atoms with Crippen LogP contribution in [0, 0.1) is 17.8 Å². The number of furan rings is 1. The SMILES string of the molecule is CN(C)[C@H]1C(=O)C(C(N)=O)C(=O)[C@@]2(O)C(=O)C3=C(O)c4c(O)c(CN5CCCCC5)cc(-c5ccoc5)c4C[C@H]3C[C@@H]12. The number of carbonyl (C=O) groups is 4. The number of nitrogens with zero attached hydrogens (tertiary/aromatic N) is 2. The summed E-state index contributed by atoms with van der Waals surface area (Å²) in [6.45, 7) is 2.17. The molecule has 2 aromatic rings. The van der Waals surface area contributed by atoms with Crippen molar-refractivity contribution in [3.05, 3.63) is 46.9 Å². The van der Waals surface area contributed by atoms with Gasteiger partial charge in [-0.3, -0.25) is 29.0 Å². The first-order valence-electron chi connectivity index (χ1n) is 14.3. The molecule has 5 N–H and O–H groups in total. The number of rotatable bonds is 5. The molecule has 4 aliphatic rings. The molecule has 1 aromatic carbocycles. The molecule has 222 valence electrons. The van der Waals surface area contributed by atoms with Crippen LogP contribution in [0.15, 0.2) is 34.6 Å². The molecule has 0 spiro atoms. The molecule has 3 fully saturated rings. The van der Waals surface area contributed by atoms with E-state index in [0.29, 0.717) is 17.7 Å². The van der Waals surface area contributed by atoms with Crippen LogP contribution in [0.25, 0.3) is 16.9 Å². The van der Waals surface area contributed by atoms with Crippen LogP contribution in [0.4, 0.5) is 0 Å². The zero-order valence-corrected chi connectivity index (χ0v) is 23.6. The molecule has 2 saturated carbocycles. The molecule has 2 heterocycles. The minimum atomic E-state index is -2.74. The number of aliphatic hydroxyl groups is 2. The Labute approximate surface area is 242 Å². The average Bonchev–Trinajstić information content (AvgIpc) is 3.47. The second-order valence-corrected chi connectivity index (χ2v) is 12.2. The van der Waals surface area contributed by atoms with Crippen molar-refractivity contribution in [3.63, 3.8) is 0 Å². The highest BCUT2D eigenvalue weighted by atomic mass is 16.3. The van der Waals surface area contributed by atoms with Crippen LogP contribution in [-0.4, -0.2) is 87.2 Å². The number of fused-ring (bicyclic) bond motifs is 3. The lowest BCUT2D eigenvalue weighted by Gasteiger charge is -2.51. The molecule has 3 aliphatic carbocycles. The number of hydrogen-bond donors (Lipinski definition) is 4. The third-order valence-corrected chi connectivity index (χ3v) is 9.61. The molecular weight excluding hydrogens is 542 g/mol. The molecule has 6 rings (SSSR count). The maximum Gasteiger partial charge on any atom is 0.235 e. The number of hydrogen-bond acceptors (Lipinski definition) is 10. The van der Waals surface area contributed by atoms with Gasteiger partial charge in [-0.1, -0.05) is 6.42 Å². The minimum absolute atomic E-state index is 0.00794. The Morgan fingerprint density at radius 3 is 2.50 bits per heavy atom. The van der Waals surface area contributed by atoms with Crippen LogP contribution >= 0.6 is 0 Å². The van der Waals surface area contributed by atoms with Crippen molar-refractivity contribution in [2.45, 2.75) is 50.3 Å². The number of aliphatic hydroxyl groups excluding tert-OH is 1. The van der Waals surface area contributed by atoms with Crippen LogP contribution in [0.1, 0.15) is 42.4 Å². The van der Waals surface area contributed by atoms with Crippen LogP contribution in [0.5, 0.6) is 5.75 Å². The number of primary amides is 1. The standard InChI is InChI=1S/C31H35N3O8/c1-33(2)24-20-12-16-10-19-18(15-6-9-42-14-15)11-17(13-34-7-4-3-5-8-34)25(35)22(19)26(36)21(16)28(38)31(20,41)29(39)23(27(24)37)30(32)40/h6,9,11,14,16,20,23-24,35-36,41H,3-5,7-8,10,12-13H2,1-2H3,(H2,32,40)/t16-,20-,23?,24+,31-/m0/s1. The summed E-state index contributed by atoms with van der Waals surface area (Å²) >= 11 is 0. The van der Waals surface area contributed by atoms with Gasteiger partial charge in [0.15, 0.2) is 23.1 Å². The smallest absolute Gasteiger partial charge is 0.235 e. The van der Waals surface area contributed by atoms with E-state index in [0.717, 1.165) is 43.5 Å². The molecule has 1 unspecified atom stereocenters. The van der Waals surface area contributed by atoms with Crippen LogP contribution < -0.4 is 5.73 Å². The lowest BCUT2D eigenvalue weighted by atomic mass is 9.54. The van der Waals surface area contributed by atoms with Crippen molar-refractivity contribution < 1.29 is 38.9 Å². The van der Waals surface area contributed by atoms with E-state index in [1.54, 1.807) is 26.4 Å². The highest BCUT2D eigenvalue weighted by Gasteiger charge is 2.67. The second-order valence-electron chi connectivity index (χ2n) is 12.2. The number of benzene rings is 1. The first-order chi connectivity index (χ1) is 20.0. The van der Waals surface area contributed by atoms with Gasteiger partial charge in [0.05, 0.1) is 24.1 Å². The van der Waals surface area contributed by atoms with E-state index in [2.05, 4.69) is 4.90 Å². The molecule has 1 amide bonds. The Bertz CT molecular complexity index is 1520. The number of carbonyl (C=O) groups excluding carboxylic acids is 4. The van der Waals surface area contributed by atoms with E-state index in [9.17, 15) is 34.5 Å². The number of phenolic OH excluding ortho intramolecular Hbond substituents is 1. The van der Waals surface area contributed by atoms with Gasteiger partial charge in [0, 0.05) is 29.2 Å². The zero-order chi connectivity index (χ0) is 30.1. The highest BCUT2D eigenvalue weighted by molar-refractivity contribution is 6.32. The maximum absolute atomic E-state index is 14.1. The van der Waals surface area contributed by atoms with E-state index < -0.39 is 58.4 Å². The summed E-state index contributed by atoms with van der Waals surface area (Å²) in [5.41, 5.74) is 5.20. The molecule has 0 bridgehead atoms. The average molecular weight is 578 g/mol. The number of ketones is 3. The largest absolute Gasteiger partial charge is 0.507 e. The highest BCUT2D eigenvalue weighted by Crippen LogP contribution is 2.53. The van der Waals surface area contributed by atoms with E-state index in [1.165, 1.54) is 11.2 Å². The molecule has 0 radical (unpaired) electrons. The Balaban J connectivity index is 1.52. The number of likely N-dealkylation sites (tertiary alicyclic amines) is 1. The summed E-state index contributed by atoms with van der Waals surface area (Å²) in [5, 5.41) is 35.1. The summed E-state index contributed by atoms with van der Waals surface area (Å²) < 4.78 is 5.35. The van der Waals surface area contributed by atoms with Gasteiger partial charge in [0.25, 0.3) is 0 Å². The number of piperidine rings is 1. The number of Topliss-reactive ketones (excluding diaryl/α,β-unsaturated/α-hetero) is 3. The summed E-state index contributed by atoms with van der Waals surface area (Å²) in [4.78, 5) is 56.9. The van der Waals surface area contributed by atoms with Crippen LogP contribution in [-0.2, 0) is 32.1 Å². The van der Waals surface area contributed by atoms with Gasteiger partial charge >= 0.3 is 0 Å². The fourth-order valence-corrected chi connectivity index (χ4v) is 7.66. The Morgan fingerprint density at radius 2 is 1.88 bits per heavy atom. The minimum Gasteiger partial charge on any atom is -0.507 e. The van der Waals surface area contributed by atoms with Gasteiger partial charge < -0.3 is 25.5 Å². The number of phenols is 1. The van der Waals surface area contributed by atoms with Gasteiger partial charge in [-0.15, -0.1) is 0 Å². The summed E-state index contributed by atoms with van der Waals surface area (Å²) in [6.07, 6.45) is 6.54. The van der Waals surface area contributed by atoms with Gasteiger partial charge in [0.1, 0.15) is 11.5 Å². The molecule has 5 atom stereocenters. The normalized spacial score (nSPS) is 29.9. The Kier molecular flexibility index (Phi) is 6.87. The van der Waals surface area contributed by atoms with Gasteiger partial charge in [-0.2, -0.15) is 0 Å². The van der Waals surface area contributed by atoms with Crippen molar-refractivity contribution in [1.29, 1.82) is 0 Å². The van der Waals surface area contributed by atoms with Crippen molar-refractivity contribution in [3.8, 4) is 16.9 Å².